The highest BCUT2D eigenvalue weighted by Gasteiger charge is 2.43. The van der Waals surface area contributed by atoms with Gasteiger partial charge in [-0.25, -0.2) is 39.5 Å². The lowest BCUT2D eigenvalue weighted by Crippen LogP contribution is -2.16. The first-order valence-corrected chi connectivity index (χ1v) is 6.74. The van der Waals surface area contributed by atoms with Gasteiger partial charge in [0.25, 0.3) is 0 Å². The molecule has 0 unspecified atom stereocenters. The van der Waals surface area contributed by atoms with Gasteiger partial charge < -0.3 is 0 Å². The van der Waals surface area contributed by atoms with Crippen molar-refractivity contribution >= 4 is 11.8 Å². The highest BCUT2D eigenvalue weighted by Crippen LogP contribution is 2.43. The molecule has 0 aliphatic carbocycles. The lowest BCUT2D eigenvalue weighted by molar-refractivity contribution is -0.143. The summed E-state index contributed by atoms with van der Waals surface area (Å²) < 4.78 is 157. The fraction of sp³-hybridized carbons (Fsp3) is 0.0769. The standard InChI is InChI=1S/C13F12S/c14-2-1(13(23,24)25)3(15)8(20)11(7(2)19)26-12-9(21)5(17)4(16)6(18)10(12)22. The Labute approximate surface area is 139 Å². The topological polar surface area (TPSA) is 0 Å². The van der Waals surface area contributed by atoms with Gasteiger partial charge in [-0.2, -0.15) is 13.2 Å². The molecule has 13 heteroatoms. The molecule has 0 aromatic heterocycles. The minimum Gasteiger partial charge on any atom is -0.203 e. The molecule has 0 spiro atoms. The molecule has 2 aromatic carbocycles. The summed E-state index contributed by atoms with van der Waals surface area (Å²) in [6, 6.07) is 0. The van der Waals surface area contributed by atoms with E-state index < -0.39 is 85.6 Å². The van der Waals surface area contributed by atoms with E-state index in [0.717, 1.165) is 0 Å². The third kappa shape index (κ3) is 3.08. The van der Waals surface area contributed by atoms with Crippen molar-refractivity contribution in [1.29, 1.82) is 0 Å². The summed E-state index contributed by atoms with van der Waals surface area (Å²) in [5.74, 6) is -24.3. The van der Waals surface area contributed by atoms with Crippen LogP contribution in [0.4, 0.5) is 52.7 Å². The van der Waals surface area contributed by atoms with E-state index in [0.29, 0.717) is 0 Å². The molecule has 2 aromatic rings. The van der Waals surface area contributed by atoms with Gasteiger partial charge in [0.15, 0.2) is 46.5 Å². The minimum atomic E-state index is -5.87. The number of hydrogen-bond acceptors (Lipinski definition) is 1. The van der Waals surface area contributed by atoms with Crippen LogP contribution in [0, 0.1) is 52.4 Å². The zero-order valence-corrected chi connectivity index (χ0v) is 12.3. The number of halogens is 12. The summed E-state index contributed by atoms with van der Waals surface area (Å²) in [5.41, 5.74) is -2.96. The molecule has 0 bridgehead atoms. The van der Waals surface area contributed by atoms with Gasteiger partial charge in [-0.3, -0.25) is 0 Å². The highest BCUT2D eigenvalue weighted by molar-refractivity contribution is 7.99. The monoisotopic (exact) mass is 416 g/mol. The van der Waals surface area contributed by atoms with E-state index in [9.17, 15) is 52.7 Å². The third-order valence-electron chi connectivity index (χ3n) is 2.88. The molecular formula is C13F12S. The number of hydrogen-bond donors (Lipinski definition) is 0. The number of alkyl halides is 3. The number of rotatable bonds is 2. The van der Waals surface area contributed by atoms with Crippen molar-refractivity contribution in [1.82, 2.24) is 0 Å². The molecule has 0 atom stereocenters. The first-order valence-electron chi connectivity index (χ1n) is 5.93. The molecule has 0 aliphatic rings. The Morgan fingerprint density at radius 1 is 0.423 bits per heavy atom. The normalized spacial score (nSPS) is 12.0. The van der Waals surface area contributed by atoms with Crippen LogP contribution in [-0.4, -0.2) is 0 Å². The first-order chi connectivity index (χ1) is 11.8. The lowest BCUT2D eigenvalue weighted by Gasteiger charge is -2.14. The van der Waals surface area contributed by atoms with E-state index in [1.165, 1.54) is 0 Å². The quantitative estimate of drug-likeness (QED) is 0.324. The van der Waals surface area contributed by atoms with E-state index >= 15 is 0 Å². The van der Waals surface area contributed by atoms with Crippen molar-refractivity contribution in [2.24, 2.45) is 0 Å². The molecule has 0 saturated heterocycles. The van der Waals surface area contributed by atoms with Crippen LogP contribution in [0.3, 0.4) is 0 Å². The van der Waals surface area contributed by atoms with Crippen LogP contribution in [0.1, 0.15) is 5.56 Å². The molecule has 2 rings (SSSR count). The van der Waals surface area contributed by atoms with E-state index in [4.69, 9.17) is 0 Å². The van der Waals surface area contributed by atoms with Crippen molar-refractivity contribution < 1.29 is 52.7 Å². The largest absolute Gasteiger partial charge is 0.422 e. The molecule has 0 fully saturated rings. The van der Waals surface area contributed by atoms with E-state index in [1.807, 2.05) is 0 Å². The summed E-state index contributed by atoms with van der Waals surface area (Å²) in [6.45, 7) is 0. The third-order valence-corrected chi connectivity index (χ3v) is 4.01. The van der Waals surface area contributed by atoms with Crippen LogP contribution >= 0.6 is 11.8 Å². The summed E-state index contributed by atoms with van der Waals surface area (Å²) in [5, 5.41) is 0. The first kappa shape index (κ1) is 20.3. The molecular weight excluding hydrogens is 416 g/mol. The average Bonchev–Trinajstić information content (AvgIpc) is 2.55. The second-order valence-corrected chi connectivity index (χ2v) is 5.48. The Kier molecular flexibility index (Phi) is 5.14. The van der Waals surface area contributed by atoms with Gasteiger partial charge in [-0.1, -0.05) is 11.8 Å². The molecule has 0 N–H and O–H groups in total. The van der Waals surface area contributed by atoms with Gasteiger partial charge in [0.1, 0.15) is 5.56 Å². The van der Waals surface area contributed by atoms with E-state index in [-0.39, 0.29) is 0 Å². The highest BCUT2D eigenvalue weighted by atomic mass is 32.2. The molecule has 0 heterocycles. The van der Waals surface area contributed by atoms with E-state index in [2.05, 4.69) is 0 Å². The summed E-state index contributed by atoms with van der Waals surface area (Å²) in [7, 11) is 0. The van der Waals surface area contributed by atoms with Crippen LogP contribution in [-0.2, 0) is 6.18 Å². The molecule has 0 aliphatic heterocycles. The second kappa shape index (κ2) is 6.59. The second-order valence-electron chi connectivity index (χ2n) is 4.46. The molecule has 26 heavy (non-hydrogen) atoms. The zero-order chi connectivity index (χ0) is 20.1. The maximum Gasteiger partial charge on any atom is 0.422 e. The lowest BCUT2D eigenvalue weighted by atomic mass is 10.1. The fourth-order valence-electron chi connectivity index (χ4n) is 1.73. The van der Waals surface area contributed by atoms with Crippen LogP contribution in [0.5, 0.6) is 0 Å². The average molecular weight is 416 g/mol. The van der Waals surface area contributed by atoms with Gasteiger partial charge in [0, 0.05) is 0 Å². The fourth-order valence-corrected chi connectivity index (χ4v) is 2.65. The van der Waals surface area contributed by atoms with Gasteiger partial charge in [0.05, 0.1) is 9.79 Å². The Balaban J connectivity index is 2.75. The maximum atomic E-state index is 13.7. The molecule has 0 amide bonds. The minimum absolute atomic E-state index is 1.02. The van der Waals surface area contributed by atoms with Crippen LogP contribution in [0.15, 0.2) is 9.79 Å². The van der Waals surface area contributed by atoms with Crippen molar-refractivity contribution in [3.63, 3.8) is 0 Å². The Morgan fingerprint density at radius 2 is 0.692 bits per heavy atom. The molecule has 0 saturated carbocycles. The van der Waals surface area contributed by atoms with Gasteiger partial charge in [0.2, 0.25) is 5.82 Å². The Hall–Kier alpha value is -2.05. The van der Waals surface area contributed by atoms with Crippen LogP contribution in [0.25, 0.3) is 0 Å². The SMILES string of the molecule is Fc1c(F)c(F)c(Sc2c(F)c(F)c(C(F)(F)F)c(F)c2F)c(F)c1F. The van der Waals surface area contributed by atoms with Crippen molar-refractivity contribution in [3.05, 3.63) is 57.9 Å². The van der Waals surface area contributed by atoms with Crippen LogP contribution in [0.2, 0.25) is 0 Å². The summed E-state index contributed by atoms with van der Waals surface area (Å²) in [4.78, 5) is -4.05. The summed E-state index contributed by atoms with van der Waals surface area (Å²) >= 11 is -1.02. The van der Waals surface area contributed by atoms with Gasteiger partial charge >= 0.3 is 6.18 Å². The smallest absolute Gasteiger partial charge is 0.203 e. The maximum absolute atomic E-state index is 13.7. The Morgan fingerprint density at radius 3 is 1.00 bits per heavy atom. The Bertz CT molecular complexity index is 843. The van der Waals surface area contributed by atoms with Gasteiger partial charge in [-0.05, 0) is 0 Å². The molecule has 0 nitrogen and oxygen atoms in total. The summed E-state index contributed by atoms with van der Waals surface area (Å²) in [6.07, 6.45) is -5.87. The van der Waals surface area contributed by atoms with Gasteiger partial charge in [-0.15, -0.1) is 0 Å². The molecule has 0 radical (unpaired) electrons. The van der Waals surface area contributed by atoms with Crippen molar-refractivity contribution in [2.75, 3.05) is 0 Å². The molecule has 142 valence electrons. The van der Waals surface area contributed by atoms with Crippen molar-refractivity contribution in [3.8, 4) is 0 Å². The van der Waals surface area contributed by atoms with E-state index in [1.54, 1.807) is 0 Å². The predicted octanol–water partition coefficient (Wildman–Crippen LogP) is 6.11. The zero-order valence-electron chi connectivity index (χ0n) is 11.4. The predicted molar refractivity (Wildman–Crippen MR) is 61.6 cm³/mol. The number of benzene rings is 2. The van der Waals surface area contributed by atoms with Crippen molar-refractivity contribution in [2.45, 2.75) is 16.0 Å². The van der Waals surface area contributed by atoms with Crippen LogP contribution < -0.4 is 0 Å².